The van der Waals surface area contributed by atoms with Crippen LogP contribution in [0.2, 0.25) is 0 Å². The van der Waals surface area contributed by atoms with Crippen molar-refractivity contribution in [2.75, 3.05) is 0 Å². The van der Waals surface area contributed by atoms with Crippen molar-refractivity contribution in [1.29, 1.82) is 10.5 Å². The largest absolute Gasteiger partial charge is 0.342 e. The highest BCUT2D eigenvalue weighted by molar-refractivity contribution is 5.92. The number of allylic oxidation sites excluding steroid dienone is 2. The van der Waals surface area contributed by atoms with E-state index in [1.54, 1.807) is 0 Å². The molecule has 3 heteroatoms. The molecule has 0 radical (unpaired) electrons. The fourth-order valence-corrected chi connectivity index (χ4v) is 2.81. The molecule has 2 aromatic carbocycles. The van der Waals surface area contributed by atoms with E-state index in [1.807, 2.05) is 96.6 Å². The van der Waals surface area contributed by atoms with Gasteiger partial charge in [-0.2, -0.15) is 10.5 Å². The SMILES string of the molecule is Cn1c(/C(C#N)=C/c2ccccc2)ccc1/C(C#N)=C\c1ccccc1. The van der Waals surface area contributed by atoms with E-state index < -0.39 is 0 Å². The second-order valence-corrected chi connectivity index (χ2v) is 5.82. The molecule has 0 aliphatic heterocycles. The Kier molecular flexibility index (Phi) is 5.13. The third-order valence-corrected chi connectivity index (χ3v) is 4.14. The maximum Gasteiger partial charge on any atom is 0.101 e. The molecule has 0 aliphatic carbocycles. The van der Waals surface area contributed by atoms with Crippen LogP contribution in [0.3, 0.4) is 0 Å². The number of hydrogen-bond acceptors (Lipinski definition) is 2. The maximum atomic E-state index is 9.59. The molecule has 3 nitrogen and oxygen atoms in total. The van der Waals surface area contributed by atoms with E-state index in [2.05, 4.69) is 12.1 Å². The van der Waals surface area contributed by atoms with E-state index in [9.17, 15) is 10.5 Å². The van der Waals surface area contributed by atoms with Gasteiger partial charge in [-0.15, -0.1) is 0 Å². The van der Waals surface area contributed by atoms with Crippen LogP contribution in [0.4, 0.5) is 0 Å². The van der Waals surface area contributed by atoms with Crippen LogP contribution in [0.15, 0.2) is 72.8 Å². The Morgan fingerprint density at radius 3 is 1.42 bits per heavy atom. The summed E-state index contributed by atoms with van der Waals surface area (Å²) in [6, 6.07) is 27.7. The lowest BCUT2D eigenvalue weighted by Crippen LogP contribution is -1.99. The van der Waals surface area contributed by atoms with Gasteiger partial charge in [0.2, 0.25) is 0 Å². The Morgan fingerprint density at radius 2 is 1.08 bits per heavy atom. The van der Waals surface area contributed by atoms with Crippen LogP contribution < -0.4 is 0 Å². The van der Waals surface area contributed by atoms with Gasteiger partial charge >= 0.3 is 0 Å². The number of rotatable bonds is 4. The zero-order chi connectivity index (χ0) is 18.4. The molecule has 0 aliphatic rings. The van der Waals surface area contributed by atoms with Crippen molar-refractivity contribution in [2.24, 2.45) is 7.05 Å². The first-order valence-electron chi connectivity index (χ1n) is 8.23. The monoisotopic (exact) mass is 335 g/mol. The van der Waals surface area contributed by atoms with Crippen molar-refractivity contribution >= 4 is 23.3 Å². The van der Waals surface area contributed by atoms with Gasteiger partial charge in [0.1, 0.15) is 12.1 Å². The molecule has 0 saturated heterocycles. The number of nitriles is 2. The Bertz CT molecular complexity index is 955. The molecule has 0 bridgehead atoms. The smallest absolute Gasteiger partial charge is 0.101 e. The van der Waals surface area contributed by atoms with Crippen molar-refractivity contribution in [1.82, 2.24) is 4.57 Å². The first kappa shape index (κ1) is 17.0. The van der Waals surface area contributed by atoms with Gasteiger partial charge in [0.25, 0.3) is 0 Å². The number of nitrogens with zero attached hydrogens (tertiary/aromatic N) is 3. The van der Waals surface area contributed by atoms with Crippen molar-refractivity contribution in [3.8, 4) is 12.1 Å². The average molecular weight is 335 g/mol. The van der Waals surface area contributed by atoms with E-state index in [1.165, 1.54) is 0 Å². The van der Waals surface area contributed by atoms with E-state index in [0.29, 0.717) is 11.1 Å². The minimum absolute atomic E-state index is 0.557. The molecule has 0 unspecified atom stereocenters. The van der Waals surface area contributed by atoms with E-state index >= 15 is 0 Å². The molecule has 1 heterocycles. The topological polar surface area (TPSA) is 52.5 Å². The van der Waals surface area contributed by atoms with Gasteiger partial charge < -0.3 is 4.57 Å². The zero-order valence-electron chi connectivity index (χ0n) is 14.4. The van der Waals surface area contributed by atoms with Crippen LogP contribution in [0.1, 0.15) is 22.5 Å². The lowest BCUT2D eigenvalue weighted by atomic mass is 10.1. The van der Waals surface area contributed by atoms with Gasteiger partial charge in [0, 0.05) is 7.05 Å². The quantitative estimate of drug-likeness (QED) is 0.619. The normalized spacial score (nSPS) is 11.7. The van der Waals surface area contributed by atoms with Crippen LogP contribution in [-0.2, 0) is 7.05 Å². The first-order chi connectivity index (χ1) is 12.7. The fraction of sp³-hybridized carbons (Fsp3) is 0.0435. The van der Waals surface area contributed by atoms with Gasteiger partial charge in [-0.25, -0.2) is 0 Å². The molecular formula is C23H17N3. The predicted molar refractivity (Wildman–Crippen MR) is 105 cm³/mol. The Balaban J connectivity index is 2.02. The summed E-state index contributed by atoms with van der Waals surface area (Å²) in [6.07, 6.45) is 3.71. The molecule has 124 valence electrons. The molecule has 1 aromatic heterocycles. The summed E-state index contributed by atoms with van der Waals surface area (Å²) >= 11 is 0. The van der Waals surface area contributed by atoms with Crippen LogP contribution in [0.25, 0.3) is 23.3 Å². The highest BCUT2D eigenvalue weighted by atomic mass is 15.0. The van der Waals surface area contributed by atoms with Gasteiger partial charge in [0.05, 0.1) is 22.5 Å². The summed E-state index contributed by atoms with van der Waals surface area (Å²) in [5.41, 5.74) is 4.60. The maximum absolute atomic E-state index is 9.59. The summed E-state index contributed by atoms with van der Waals surface area (Å²) in [5, 5.41) is 19.2. The van der Waals surface area contributed by atoms with Gasteiger partial charge in [-0.3, -0.25) is 0 Å². The molecular weight excluding hydrogens is 318 g/mol. The Hall–Kier alpha value is -3.82. The highest BCUT2D eigenvalue weighted by Crippen LogP contribution is 2.25. The minimum Gasteiger partial charge on any atom is -0.342 e. The van der Waals surface area contributed by atoms with Gasteiger partial charge in [-0.05, 0) is 35.4 Å². The molecule has 0 amide bonds. The van der Waals surface area contributed by atoms with E-state index in [-0.39, 0.29) is 0 Å². The molecule has 26 heavy (non-hydrogen) atoms. The third kappa shape index (κ3) is 3.64. The first-order valence-corrected chi connectivity index (χ1v) is 8.23. The summed E-state index contributed by atoms with van der Waals surface area (Å²) in [6.45, 7) is 0. The lowest BCUT2D eigenvalue weighted by molar-refractivity contribution is 0.896. The summed E-state index contributed by atoms with van der Waals surface area (Å²) in [5.74, 6) is 0. The molecule has 0 spiro atoms. The summed E-state index contributed by atoms with van der Waals surface area (Å²) in [4.78, 5) is 0. The fourth-order valence-electron chi connectivity index (χ4n) is 2.81. The molecule has 0 atom stereocenters. The number of aromatic nitrogens is 1. The van der Waals surface area contributed by atoms with E-state index in [4.69, 9.17) is 0 Å². The molecule has 0 fully saturated rings. The number of hydrogen-bond donors (Lipinski definition) is 0. The summed E-state index contributed by atoms with van der Waals surface area (Å²) in [7, 11) is 1.87. The molecule has 3 aromatic rings. The predicted octanol–water partition coefficient (Wildman–Crippen LogP) is 5.15. The van der Waals surface area contributed by atoms with E-state index in [0.717, 1.165) is 22.5 Å². The minimum atomic E-state index is 0.557. The van der Waals surface area contributed by atoms with Crippen LogP contribution in [0.5, 0.6) is 0 Å². The van der Waals surface area contributed by atoms with Crippen molar-refractivity contribution in [3.63, 3.8) is 0 Å². The number of benzene rings is 2. The van der Waals surface area contributed by atoms with Crippen molar-refractivity contribution < 1.29 is 0 Å². The lowest BCUT2D eigenvalue weighted by Gasteiger charge is -2.07. The summed E-state index contributed by atoms with van der Waals surface area (Å²) < 4.78 is 1.88. The van der Waals surface area contributed by atoms with Crippen molar-refractivity contribution in [3.05, 3.63) is 95.3 Å². The average Bonchev–Trinajstić information content (AvgIpc) is 3.07. The second kappa shape index (κ2) is 7.83. The molecule has 0 N–H and O–H groups in total. The Labute approximate surface area is 153 Å². The van der Waals surface area contributed by atoms with Crippen LogP contribution in [-0.4, -0.2) is 4.57 Å². The molecule has 3 rings (SSSR count). The van der Waals surface area contributed by atoms with Crippen molar-refractivity contribution in [2.45, 2.75) is 0 Å². The standard InChI is InChI=1S/C23H17N3/c1-26-22(20(16-24)14-18-8-4-2-5-9-18)12-13-23(26)21(17-25)15-19-10-6-3-7-11-19/h2-15H,1H3/b20-14-,21-15+. The van der Waals surface area contributed by atoms with Gasteiger partial charge in [0.15, 0.2) is 0 Å². The van der Waals surface area contributed by atoms with Gasteiger partial charge in [-0.1, -0.05) is 60.7 Å². The second-order valence-electron chi connectivity index (χ2n) is 5.82. The zero-order valence-corrected chi connectivity index (χ0v) is 14.4. The Morgan fingerprint density at radius 1 is 0.692 bits per heavy atom. The third-order valence-electron chi connectivity index (χ3n) is 4.14. The highest BCUT2D eigenvalue weighted by Gasteiger charge is 2.12. The van der Waals surface area contributed by atoms with Crippen LogP contribution in [0, 0.1) is 22.7 Å². The molecule has 0 saturated carbocycles. The van der Waals surface area contributed by atoms with Crippen LogP contribution >= 0.6 is 0 Å².